The van der Waals surface area contributed by atoms with E-state index in [0.29, 0.717) is 5.75 Å². The van der Waals surface area contributed by atoms with E-state index in [4.69, 9.17) is 10.1 Å². The lowest BCUT2D eigenvalue weighted by Gasteiger charge is -2.43. The van der Waals surface area contributed by atoms with Crippen molar-refractivity contribution >= 4 is 17.4 Å². The maximum Gasteiger partial charge on any atom is 0.161 e. The van der Waals surface area contributed by atoms with Gasteiger partial charge in [0, 0.05) is 18.4 Å². The second-order valence-electron chi connectivity index (χ2n) is 6.95. The summed E-state index contributed by atoms with van der Waals surface area (Å²) in [4.78, 5) is 0. The van der Waals surface area contributed by atoms with Crippen molar-refractivity contribution in [1.29, 1.82) is 0 Å². The van der Waals surface area contributed by atoms with Crippen molar-refractivity contribution < 1.29 is 19.4 Å². The molecule has 1 atom stereocenters. The molecule has 0 amide bonds. The summed E-state index contributed by atoms with van der Waals surface area (Å²) >= 11 is 3.70. The number of hydrogen-bond acceptors (Lipinski definition) is 4. The first-order valence-electron chi connectivity index (χ1n) is 8.34. The van der Waals surface area contributed by atoms with Crippen molar-refractivity contribution in [3.05, 3.63) is 58.5 Å². The lowest BCUT2D eigenvalue weighted by atomic mass is 9.87. The Kier molecular flexibility index (Phi) is 6.37. The molecule has 0 fully saturated rings. The number of phenols is 2. The zero-order valence-corrected chi connectivity index (χ0v) is 16.1. The average Bonchev–Trinajstić information content (AvgIpc) is 2.60. The molecule has 0 saturated heterocycles. The van der Waals surface area contributed by atoms with Crippen LogP contribution in [0, 0.1) is 0 Å². The molecule has 5 nitrogen and oxygen atoms in total. The first kappa shape index (κ1) is 19.9. The molecule has 0 unspecified atom stereocenters. The highest BCUT2D eigenvalue weighted by Gasteiger charge is 2.36. The van der Waals surface area contributed by atoms with Crippen LogP contribution in [0.15, 0.2) is 36.4 Å². The van der Waals surface area contributed by atoms with Gasteiger partial charge in [-0.3, -0.25) is 0 Å². The molecule has 2 N–H and O–H groups in total. The standard InChI is InChI=1S/C19H23NO3.CNS/c1-20(2)9-8-14-11-18(22)19(23-3)12-16(14)17(20)10-13-4-6-15(21)7-5-13;2-1-3/h4-7,11-12,17H,8-10H2,1-3H3,(H-,21,22);/q;-1/p+1/t17-;/m1./s1. The number of benzene rings is 2. The van der Waals surface area contributed by atoms with Crippen LogP contribution in [0.25, 0.3) is 5.41 Å². The van der Waals surface area contributed by atoms with E-state index in [1.54, 1.807) is 19.2 Å². The fourth-order valence-corrected chi connectivity index (χ4v) is 3.47. The van der Waals surface area contributed by atoms with Gasteiger partial charge in [-0.25, -0.2) is 0 Å². The number of ether oxygens (including phenoxy) is 1. The predicted octanol–water partition coefficient (Wildman–Crippen LogP) is 3.68. The number of fused-ring (bicyclic) bond motifs is 1. The molecule has 0 aliphatic carbocycles. The molecule has 0 radical (unpaired) electrons. The van der Waals surface area contributed by atoms with Gasteiger partial charge in [-0.2, -0.15) is 5.16 Å². The second kappa shape index (κ2) is 8.32. The summed E-state index contributed by atoms with van der Waals surface area (Å²) in [5, 5.41) is 28.0. The van der Waals surface area contributed by atoms with Crippen molar-refractivity contribution in [3.63, 3.8) is 0 Å². The largest absolute Gasteiger partial charge is 0.753 e. The number of methoxy groups -OCH3 is 1. The SMILES string of the molecule is COc1cc2c(cc1O)CC[N+](C)(C)[C@@H]2Cc1ccc(O)cc1.[N-]=C=S. The molecule has 138 valence electrons. The van der Waals surface area contributed by atoms with Gasteiger partial charge in [0.2, 0.25) is 0 Å². The van der Waals surface area contributed by atoms with Crippen LogP contribution in [0.5, 0.6) is 17.2 Å². The maximum absolute atomic E-state index is 10.0. The van der Waals surface area contributed by atoms with Crippen molar-refractivity contribution in [2.75, 3.05) is 27.7 Å². The summed E-state index contributed by atoms with van der Waals surface area (Å²) in [6.45, 7) is 1.03. The smallest absolute Gasteiger partial charge is 0.161 e. The summed E-state index contributed by atoms with van der Waals surface area (Å²) in [5.74, 6) is 1.03. The van der Waals surface area contributed by atoms with Crippen molar-refractivity contribution in [1.82, 2.24) is 0 Å². The van der Waals surface area contributed by atoms with Crippen LogP contribution in [-0.4, -0.2) is 47.6 Å². The normalized spacial score (nSPS) is 17.3. The topological polar surface area (TPSA) is 72.0 Å². The Labute approximate surface area is 159 Å². The molecule has 0 aromatic heterocycles. The van der Waals surface area contributed by atoms with E-state index in [1.807, 2.05) is 24.3 Å². The highest BCUT2D eigenvalue weighted by molar-refractivity contribution is 7.78. The average molecular weight is 372 g/mol. The lowest BCUT2D eigenvalue weighted by Crippen LogP contribution is -2.48. The minimum atomic E-state index is 0.210. The number of rotatable bonds is 3. The van der Waals surface area contributed by atoms with E-state index >= 15 is 0 Å². The monoisotopic (exact) mass is 372 g/mol. The molecule has 26 heavy (non-hydrogen) atoms. The van der Waals surface area contributed by atoms with Crippen LogP contribution >= 0.6 is 12.2 Å². The number of isothiocyanates is 1. The van der Waals surface area contributed by atoms with Crippen LogP contribution < -0.4 is 4.74 Å². The molecule has 1 aliphatic rings. The zero-order valence-electron chi connectivity index (χ0n) is 15.3. The number of phenolic OH excluding ortho intramolecular Hbond substituents is 2. The Bertz CT molecular complexity index is 797. The van der Waals surface area contributed by atoms with Gasteiger partial charge < -0.3 is 24.8 Å². The van der Waals surface area contributed by atoms with Crippen LogP contribution in [0.3, 0.4) is 0 Å². The van der Waals surface area contributed by atoms with Crippen molar-refractivity contribution in [3.8, 4) is 17.2 Å². The van der Waals surface area contributed by atoms with E-state index in [9.17, 15) is 10.2 Å². The minimum Gasteiger partial charge on any atom is -0.753 e. The van der Waals surface area contributed by atoms with Crippen LogP contribution in [0.4, 0.5) is 0 Å². The van der Waals surface area contributed by atoms with Gasteiger partial charge in [0.15, 0.2) is 11.5 Å². The van der Waals surface area contributed by atoms with Gasteiger partial charge in [-0.15, -0.1) is 0 Å². The highest BCUT2D eigenvalue weighted by atomic mass is 32.1. The predicted molar refractivity (Wildman–Crippen MR) is 106 cm³/mol. The Morgan fingerprint density at radius 2 is 1.85 bits per heavy atom. The molecule has 1 heterocycles. The number of likely N-dealkylation sites (N-methyl/N-ethyl adjacent to an activating group) is 1. The highest BCUT2D eigenvalue weighted by Crippen LogP contribution is 2.41. The third-order valence-corrected chi connectivity index (χ3v) is 4.97. The van der Waals surface area contributed by atoms with Gasteiger partial charge in [0.05, 0.1) is 27.7 Å². The van der Waals surface area contributed by atoms with Gasteiger partial charge in [-0.1, -0.05) is 24.4 Å². The number of hydrogen-bond donors (Lipinski definition) is 2. The third kappa shape index (κ3) is 4.41. The van der Waals surface area contributed by atoms with Crippen LogP contribution in [0.2, 0.25) is 0 Å². The van der Waals surface area contributed by atoms with Gasteiger partial charge in [0.1, 0.15) is 11.8 Å². The molecule has 2 aromatic rings. The molecule has 0 bridgehead atoms. The van der Waals surface area contributed by atoms with Gasteiger partial charge >= 0.3 is 0 Å². The lowest BCUT2D eigenvalue weighted by molar-refractivity contribution is -0.923. The number of thiocarbonyl (C=S) groups is 1. The Balaban J connectivity index is 0.000000758. The Morgan fingerprint density at radius 3 is 2.42 bits per heavy atom. The summed E-state index contributed by atoms with van der Waals surface area (Å²) in [6, 6.07) is 11.5. The molecule has 6 heteroatoms. The van der Waals surface area contributed by atoms with Crippen LogP contribution in [0.1, 0.15) is 22.7 Å². The van der Waals surface area contributed by atoms with E-state index in [0.717, 1.165) is 23.9 Å². The number of quaternary nitrogens is 1. The number of nitrogens with zero attached hydrogens (tertiary/aromatic N) is 2. The second-order valence-corrected chi connectivity index (χ2v) is 7.14. The van der Waals surface area contributed by atoms with Gasteiger partial charge in [0.25, 0.3) is 0 Å². The van der Waals surface area contributed by atoms with E-state index in [-0.39, 0.29) is 17.5 Å². The zero-order chi connectivity index (χ0) is 19.3. The van der Waals surface area contributed by atoms with E-state index < -0.39 is 0 Å². The Hall–Kier alpha value is -2.40. The fraction of sp³-hybridized carbons (Fsp3) is 0.350. The minimum absolute atomic E-state index is 0.210. The van der Waals surface area contributed by atoms with Gasteiger partial charge in [-0.05, 0) is 35.4 Å². The van der Waals surface area contributed by atoms with E-state index in [2.05, 4.69) is 26.3 Å². The molecular formula is C20H24N2O3S. The van der Waals surface area contributed by atoms with E-state index in [1.165, 1.54) is 21.9 Å². The maximum atomic E-state index is 10.0. The molecular weight excluding hydrogens is 348 g/mol. The first-order valence-corrected chi connectivity index (χ1v) is 8.74. The Morgan fingerprint density at radius 1 is 1.23 bits per heavy atom. The summed E-state index contributed by atoms with van der Waals surface area (Å²) in [7, 11) is 6.07. The number of aromatic hydroxyl groups is 2. The first-order chi connectivity index (χ1) is 12.3. The van der Waals surface area contributed by atoms with Crippen molar-refractivity contribution in [2.24, 2.45) is 0 Å². The van der Waals surface area contributed by atoms with Crippen molar-refractivity contribution in [2.45, 2.75) is 18.9 Å². The fourth-order valence-electron chi connectivity index (χ4n) is 3.47. The summed E-state index contributed by atoms with van der Waals surface area (Å²) in [6.07, 6.45) is 1.83. The molecule has 0 spiro atoms. The summed E-state index contributed by atoms with van der Waals surface area (Å²) < 4.78 is 6.19. The third-order valence-electron chi connectivity index (χ3n) is 4.97. The van der Waals surface area contributed by atoms with Crippen LogP contribution in [-0.2, 0) is 12.8 Å². The molecule has 2 aromatic carbocycles. The summed E-state index contributed by atoms with van der Waals surface area (Å²) in [5.41, 5.74) is 3.63. The molecule has 1 aliphatic heterocycles. The quantitative estimate of drug-likeness (QED) is 0.490. The molecule has 0 saturated carbocycles. The molecule has 3 rings (SSSR count).